The van der Waals surface area contributed by atoms with Crippen LogP contribution >= 0.6 is 34.8 Å². The van der Waals surface area contributed by atoms with Crippen LogP contribution in [0.5, 0.6) is 5.75 Å². The van der Waals surface area contributed by atoms with E-state index in [2.05, 4.69) is 10.5 Å². The fourth-order valence-corrected chi connectivity index (χ4v) is 3.31. The van der Waals surface area contributed by atoms with E-state index in [9.17, 15) is 9.18 Å². The molecule has 0 heterocycles. The molecule has 1 N–H and O–H groups in total. The zero-order valence-electron chi connectivity index (χ0n) is 15.8. The van der Waals surface area contributed by atoms with Crippen molar-refractivity contribution in [1.29, 1.82) is 0 Å². The number of benzene rings is 3. The summed E-state index contributed by atoms with van der Waals surface area (Å²) in [6, 6.07) is 14.4. The Morgan fingerprint density at radius 3 is 2.43 bits per heavy atom. The minimum absolute atomic E-state index is 0.0191. The van der Waals surface area contributed by atoms with Gasteiger partial charge in [0.25, 0.3) is 5.91 Å². The predicted molar refractivity (Wildman–Crippen MR) is 118 cm³/mol. The number of hydrogen-bond acceptors (Lipinski definition) is 3. The molecule has 1 amide bonds. The predicted octanol–water partition coefficient (Wildman–Crippen LogP) is 6.44. The lowest BCUT2D eigenvalue weighted by atomic mass is 10.1. The highest BCUT2D eigenvalue weighted by Crippen LogP contribution is 2.34. The molecule has 0 fully saturated rings. The first-order valence-corrected chi connectivity index (χ1v) is 9.93. The van der Waals surface area contributed by atoms with E-state index in [4.69, 9.17) is 39.5 Å². The molecule has 0 unspecified atom stereocenters. The number of carbonyl (C=O) groups excluding carboxylic acids is 1. The van der Waals surface area contributed by atoms with Gasteiger partial charge < -0.3 is 4.74 Å². The highest BCUT2D eigenvalue weighted by Gasteiger charge is 2.11. The number of rotatable bonds is 6. The molecular formula is C22H16Cl3FN2O2. The molecule has 0 aliphatic carbocycles. The number of halogens is 4. The number of amides is 1. The Bertz CT molecular complexity index is 1100. The van der Waals surface area contributed by atoms with Crippen molar-refractivity contribution >= 4 is 46.9 Å². The summed E-state index contributed by atoms with van der Waals surface area (Å²) in [4.78, 5) is 12.1. The standard InChI is InChI=1S/C22H16Cl3FN2O2/c1-13-6-7-15(10-17(13)23)22(29)28-27-11-14-8-18(24)21(19(25)9-14)30-12-16-4-2-3-5-20(16)26/h2-11H,12H2,1H3,(H,28,29)/b27-11-. The molecule has 0 atom stereocenters. The molecule has 0 saturated carbocycles. The van der Waals surface area contributed by atoms with Crippen molar-refractivity contribution in [1.82, 2.24) is 5.43 Å². The second-order valence-corrected chi connectivity index (χ2v) is 7.58. The molecule has 0 aliphatic rings. The molecule has 0 aliphatic heterocycles. The fraction of sp³-hybridized carbons (Fsp3) is 0.0909. The van der Waals surface area contributed by atoms with Gasteiger partial charge >= 0.3 is 0 Å². The molecule has 4 nitrogen and oxygen atoms in total. The van der Waals surface area contributed by atoms with Crippen molar-refractivity contribution in [2.24, 2.45) is 5.10 Å². The second-order valence-electron chi connectivity index (χ2n) is 6.36. The molecule has 30 heavy (non-hydrogen) atoms. The van der Waals surface area contributed by atoms with E-state index in [0.717, 1.165) is 5.56 Å². The lowest BCUT2D eigenvalue weighted by Gasteiger charge is -2.11. The van der Waals surface area contributed by atoms with Gasteiger partial charge in [0.2, 0.25) is 0 Å². The van der Waals surface area contributed by atoms with Gasteiger partial charge in [-0.05, 0) is 48.4 Å². The third-order valence-corrected chi connectivity index (χ3v) is 5.13. The SMILES string of the molecule is Cc1ccc(C(=O)N/N=C\c2cc(Cl)c(OCc3ccccc3F)c(Cl)c2)cc1Cl. The molecule has 0 saturated heterocycles. The fourth-order valence-electron chi connectivity index (χ4n) is 2.52. The van der Waals surface area contributed by atoms with Crippen molar-refractivity contribution in [3.8, 4) is 5.75 Å². The van der Waals surface area contributed by atoms with Crippen LogP contribution in [0.3, 0.4) is 0 Å². The van der Waals surface area contributed by atoms with Crippen LogP contribution in [0.1, 0.15) is 27.0 Å². The third kappa shape index (κ3) is 5.51. The molecule has 0 bridgehead atoms. The maximum Gasteiger partial charge on any atom is 0.271 e. The highest BCUT2D eigenvalue weighted by molar-refractivity contribution is 6.37. The monoisotopic (exact) mass is 464 g/mol. The van der Waals surface area contributed by atoms with E-state index in [0.29, 0.717) is 21.7 Å². The molecule has 3 rings (SSSR count). The Labute approximate surface area is 188 Å². The Morgan fingerprint density at radius 2 is 1.77 bits per heavy atom. The Morgan fingerprint density at radius 1 is 1.07 bits per heavy atom. The van der Waals surface area contributed by atoms with Crippen LogP contribution in [0.15, 0.2) is 59.7 Å². The third-order valence-electron chi connectivity index (χ3n) is 4.16. The van der Waals surface area contributed by atoms with Crippen molar-refractivity contribution in [3.63, 3.8) is 0 Å². The lowest BCUT2D eigenvalue weighted by Crippen LogP contribution is -2.17. The minimum atomic E-state index is -0.407. The molecule has 0 aromatic heterocycles. The lowest BCUT2D eigenvalue weighted by molar-refractivity contribution is 0.0955. The van der Waals surface area contributed by atoms with E-state index in [1.165, 1.54) is 12.3 Å². The number of hydrogen-bond donors (Lipinski definition) is 1. The average Bonchev–Trinajstić information content (AvgIpc) is 2.70. The van der Waals surface area contributed by atoms with Crippen LogP contribution in [0.4, 0.5) is 4.39 Å². The molecular weight excluding hydrogens is 450 g/mol. The number of nitrogens with zero attached hydrogens (tertiary/aromatic N) is 1. The summed E-state index contributed by atoms with van der Waals surface area (Å²) in [5.41, 5.74) is 4.60. The Hall–Kier alpha value is -2.60. The Kier molecular flexibility index (Phi) is 7.32. The maximum absolute atomic E-state index is 13.7. The van der Waals surface area contributed by atoms with E-state index in [1.54, 1.807) is 48.5 Å². The van der Waals surface area contributed by atoms with Gasteiger partial charge in [0.05, 0.1) is 16.3 Å². The second kappa shape index (κ2) is 9.94. The highest BCUT2D eigenvalue weighted by atomic mass is 35.5. The van der Waals surface area contributed by atoms with Gasteiger partial charge in [-0.1, -0.05) is 59.1 Å². The molecule has 8 heteroatoms. The van der Waals surface area contributed by atoms with Crippen LogP contribution in [0.2, 0.25) is 15.1 Å². The molecule has 3 aromatic rings. The normalized spacial score (nSPS) is 11.0. The average molecular weight is 466 g/mol. The summed E-state index contributed by atoms with van der Waals surface area (Å²) in [6.07, 6.45) is 1.39. The number of hydrazone groups is 1. The van der Waals surface area contributed by atoms with Crippen molar-refractivity contribution in [3.05, 3.63) is 97.7 Å². The summed E-state index contributed by atoms with van der Waals surface area (Å²) >= 11 is 18.5. The van der Waals surface area contributed by atoms with Crippen molar-refractivity contribution in [2.75, 3.05) is 0 Å². The van der Waals surface area contributed by atoms with Gasteiger partial charge in [-0.2, -0.15) is 5.10 Å². The zero-order chi connectivity index (χ0) is 21.7. The van der Waals surface area contributed by atoms with E-state index in [-0.39, 0.29) is 28.2 Å². The topological polar surface area (TPSA) is 50.7 Å². The van der Waals surface area contributed by atoms with Crippen LogP contribution in [0, 0.1) is 12.7 Å². The zero-order valence-corrected chi connectivity index (χ0v) is 18.0. The van der Waals surface area contributed by atoms with Gasteiger partial charge in [-0.15, -0.1) is 0 Å². The summed E-state index contributed by atoms with van der Waals surface area (Å²) in [6.45, 7) is 1.83. The smallest absolute Gasteiger partial charge is 0.271 e. The maximum atomic E-state index is 13.7. The van der Waals surface area contributed by atoms with Crippen LogP contribution in [-0.2, 0) is 6.61 Å². The molecule has 0 radical (unpaired) electrons. The van der Waals surface area contributed by atoms with E-state index < -0.39 is 5.91 Å². The summed E-state index contributed by atoms with van der Waals surface area (Å²) in [7, 11) is 0. The van der Waals surface area contributed by atoms with E-state index in [1.807, 2.05) is 6.92 Å². The summed E-state index contributed by atoms with van der Waals surface area (Å²) in [5, 5.41) is 4.87. The minimum Gasteiger partial charge on any atom is -0.486 e. The molecule has 0 spiro atoms. The number of ether oxygens (including phenoxy) is 1. The number of aryl methyl sites for hydroxylation is 1. The molecule has 154 valence electrons. The van der Waals surface area contributed by atoms with Crippen LogP contribution < -0.4 is 10.2 Å². The first-order valence-electron chi connectivity index (χ1n) is 8.80. The van der Waals surface area contributed by atoms with Gasteiger partial charge in [0.1, 0.15) is 12.4 Å². The van der Waals surface area contributed by atoms with Crippen LogP contribution in [0.25, 0.3) is 0 Å². The van der Waals surface area contributed by atoms with Crippen molar-refractivity contribution < 1.29 is 13.9 Å². The van der Waals surface area contributed by atoms with Gasteiger partial charge in [0.15, 0.2) is 5.75 Å². The first kappa shape index (κ1) is 22.1. The summed E-state index contributed by atoms with van der Waals surface area (Å²) < 4.78 is 19.3. The van der Waals surface area contributed by atoms with Crippen LogP contribution in [-0.4, -0.2) is 12.1 Å². The largest absolute Gasteiger partial charge is 0.486 e. The number of carbonyl (C=O) groups is 1. The van der Waals surface area contributed by atoms with Gasteiger partial charge in [0, 0.05) is 16.1 Å². The quantitative estimate of drug-likeness (QED) is 0.336. The van der Waals surface area contributed by atoms with Crippen molar-refractivity contribution in [2.45, 2.75) is 13.5 Å². The Balaban J connectivity index is 1.66. The van der Waals surface area contributed by atoms with Gasteiger partial charge in [-0.25, -0.2) is 9.82 Å². The number of nitrogens with one attached hydrogen (secondary N) is 1. The van der Waals surface area contributed by atoms with E-state index >= 15 is 0 Å². The molecule has 3 aromatic carbocycles. The summed E-state index contributed by atoms with van der Waals surface area (Å²) in [5.74, 6) is -0.550. The first-order chi connectivity index (χ1) is 14.3. The van der Waals surface area contributed by atoms with Gasteiger partial charge in [-0.3, -0.25) is 4.79 Å².